The number of aromatic nitrogens is 4. The van der Waals surface area contributed by atoms with Gasteiger partial charge in [-0.3, -0.25) is 9.89 Å². The number of nitrogens with zero attached hydrogens (tertiary/aromatic N) is 3. The number of H-pyrrole nitrogens is 1. The lowest BCUT2D eigenvalue weighted by Crippen LogP contribution is -2.13. The van der Waals surface area contributed by atoms with Crippen LogP contribution in [0.25, 0.3) is 11.3 Å². The maximum atomic E-state index is 12.2. The van der Waals surface area contributed by atoms with E-state index >= 15 is 0 Å². The summed E-state index contributed by atoms with van der Waals surface area (Å²) >= 11 is 4.40. The Morgan fingerprint density at radius 1 is 1.18 bits per heavy atom. The van der Waals surface area contributed by atoms with Crippen molar-refractivity contribution in [1.29, 1.82) is 0 Å². The highest BCUT2D eigenvalue weighted by Crippen LogP contribution is 2.25. The van der Waals surface area contributed by atoms with Crippen LogP contribution in [-0.4, -0.2) is 31.8 Å². The van der Waals surface area contributed by atoms with Gasteiger partial charge in [-0.2, -0.15) is 0 Å². The van der Waals surface area contributed by atoms with E-state index in [0.29, 0.717) is 10.3 Å². The smallest absolute Gasteiger partial charge is 0.236 e. The van der Waals surface area contributed by atoms with Crippen LogP contribution in [0.2, 0.25) is 0 Å². The Hall–Kier alpha value is -2.49. The second-order valence-electron chi connectivity index (χ2n) is 6.06. The molecule has 0 aliphatic carbocycles. The number of thioether (sulfide) groups is 1. The molecule has 3 aromatic heterocycles. The van der Waals surface area contributed by atoms with E-state index in [1.54, 1.807) is 11.3 Å². The Morgan fingerprint density at radius 2 is 2.04 bits per heavy atom. The average molecular weight is 428 g/mol. The van der Waals surface area contributed by atoms with Gasteiger partial charge in [-0.05, 0) is 18.4 Å². The normalized spacial score (nSPS) is 10.9. The Labute approximate surface area is 174 Å². The van der Waals surface area contributed by atoms with Crippen molar-refractivity contribution in [2.24, 2.45) is 0 Å². The largest absolute Gasteiger partial charge is 0.301 e. The van der Waals surface area contributed by atoms with Crippen LogP contribution in [-0.2, 0) is 11.2 Å². The van der Waals surface area contributed by atoms with Crippen molar-refractivity contribution in [3.05, 3.63) is 63.4 Å². The standard InChI is InChI=1S/C19H17N5OS3/c1-12-4-6-13(7-5-12)15-10-27-18(20-15)22-17(25)11-28-19-21-16(23-24-19)9-14-3-2-8-26-14/h2-8,10H,9,11H2,1H3,(H,20,22,25)(H,21,23,24). The van der Waals surface area contributed by atoms with E-state index in [9.17, 15) is 4.79 Å². The molecule has 0 atom stereocenters. The third-order valence-corrected chi connectivity index (χ3v) is 6.34. The highest BCUT2D eigenvalue weighted by atomic mass is 32.2. The summed E-state index contributed by atoms with van der Waals surface area (Å²) in [6.45, 7) is 2.05. The van der Waals surface area contributed by atoms with Crippen LogP contribution < -0.4 is 5.32 Å². The van der Waals surface area contributed by atoms with Gasteiger partial charge in [0.25, 0.3) is 0 Å². The number of hydrogen-bond donors (Lipinski definition) is 2. The van der Waals surface area contributed by atoms with E-state index < -0.39 is 0 Å². The second kappa shape index (κ2) is 8.68. The van der Waals surface area contributed by atoms with Crippen LogP contribution in [0.3, 0.4) is 0 Å². The number of anilines is 1. The molecule has 4 aromatic rings. The van der Waals surface area contributed by atoms with Gasteiger partial charge in [-0.1, -0.05) is 47.7 Å². The number of hydrogen-bond acceptors (Lipinski definition) is 7. The molecule has 2 N–H and O–H groups in total. The molecule has 142 valence electrons. The van der Waals surface area contributed by atoms with Gasteiger partial charge in [0.05, 0.1) is 11.4 Å². The third-order valence-electron chi connectivity index (χ3n) is 3.86. The molecule has 0 aliphatic rings. The molecule has 28 heavy (non-hydrogen) atoms. The number of aryl methyl sites for hydroxylation is 1. The first-order valence-corrected chi connectivity index (χ1v) is 11.3. The zero-order valence-corrected chi connectivity index (χ0v) is 17.5. The fourth-order valence-electron chi connectivity index (χ4n) is 2.47. The Bertz CT molecular complexity index is 1050. The van der Waals surface area contributed by atoms with Crippen molar-refractivity contribution in [1.82, 2.24) is 20.2 Å². The van der Waals surface area contributed by atoms with Gasteiger partial charge in [-0.25, -0.2) is 9.97 Å². The van der Waals surface area contributed by atoms with Crippen LogP contribution in [0, 0.1) is 6.92 Å². The number of amides is 1. The van der Waals surface area contributed by atoms with Crippen LogP contribution in [0.4, 0.5) is 5.13 Å². The monoisotopic (exact) mass is 427 g/mol. The number of rotatable bonds is 7. The summed E-state index contributed by atoms with van der Waals surface area (Å²) in [5, 5.41) is 15.1. The zero-order valence-electron chi connectivity index (χ0n) is 15.0. The van der Waals surface area contributed by atoms with Crippen molar-refractivity contribution in [2.75, 3.05) is 11.1 Å². The molecule has 0 fully saturated rings. The number of benzene rings is 1. The minimum Gasteiger partial charge on any atom is -0.301 e. The minimum atomic E-state index is -0.126. The lowest BCUT2D eigenvalue weighted by atomic mass is 10.1. The molecule has 1 amide bonds. The molecule has 0 saturated heterocycles. The number of thiazole rings is 1. The SMILES string of the molecule is Cc1ccc(-c2csc(NC(=O)CSc3n[nH]c(Cc4cccs4)n3)n2)cc1. The summed E-state index contributed by atoms with van der Waals surface area (Å²) in [7, 11) is 0. The molecule has 0 radical (unpaired) electrons. The number of thiophene rings is 1. The van der Waals surface area contributed by atoms with Gasteiger partial charge in [-0.15, -0.1) is 27.8 Å². The summed E-state index contributed by atoms with van der Waals surface area (Å²) in [6, 6.07) is 12.2. The Balaban J connectivity index is 1.29. The zero-order chi connectivity index (χ0) is 19.3. The first-order valence-electron chi connectivity index (χ1n) is 8.54. The fraction of sp³-hybridized carbons (Fsp3) is 0.158. The van der Waals surface area contributed by atoms with Crippen LogP contribution in [0.5, 0.6) is 0 Å². The first kappa shape index (κ1) is 18.9. The molecule has 1 aromatic carbocycles. The molecule has 0 bridgehead atoms. The highest BCUT2D eigenvalue weighted by molar-refractivity contribution is 7.99. The van der Waals surface area contributed by atoms with E-state index in [2.05, 4.69) is 31.5 Å². The summed E-state index contributed by atoms with van der Waals surface area (Å²) in [5.74, 6) is 0.905. The predicted octanol–water partition coefficient (Wildman–Crippen LogP) is 4.62. The van der Waals surface area contributed by atoms with Crippen molar-refractivity contribution in [2.45, 2.75) is 18.5 Å². The van der Waals surface area contributed by atoms with Gasteiger partial charge in [0.15, 0.2) is 5.13 Å². The highest BCUT2D eigenvalue weighted by Gasteiger charge is 2.11. The summed E-state index contributed by atoms with van der Waals surface area (Å²) < 4.78 is 0. The number of aromatic amines is 1. The topological polar surface area (TPSA) is 83.6 Å². The van der Waals surface area contributed by atoms with Crippen LogP contribution >= 0.6 is 34.4 Å². The summed E-state index contributed by atoms with van der Waals surface area (Å²) in [4.78, 5) is 22.3. The van der Waals surface area contributed by atoms with Gasteiger partial charge in [0.1, 0.15) is 5.82 Å². The fourth-order valence-corrected chi connectivity index (χ4v) is 4.54. The molecule has 6 nitrogen and oxygen atoms in total. The minimum absolute atomic E-state index is 0.126. The molecule has 4 rings (SSSR count). The molecule has 0 aliphatic heterocycles. The Morgan fingerprint density at radius 3 is 2.82 bits per heavy atom. The molecule has 0 unspecified atom stereocenters. The first-order chi connectivity index (χ1) is 13.7. The van der Waals surface area contributed by atoms with Crippen molar-refractivity contribution >= 4 is 45.5 Å². The molecule has 0 spiro atoms. The lowest BCUT2D eigenvalue weighted by molar-refractivity contribution is -0.113. The van der Waals surface area contributed by atoms with Crippen molar-refractivity contribution in [3.8, 4) is 11.3 Å². The number of nitrogens with one attached hydrogen (secondary N) is 2. The van der Waals surface area contributed by atoms with Gasteiger partial charge in [0.2, 0.25) is 11.1 Å². The van der Waals surface area contributed by atoms with Crippen LogP contribution in [0.15, 0.2) is 52.3 Å². The maximum absolute atomic E-state index is 12.2. The molecular weight excluding hydrogens is 410 g/mol. The van der Waals surface area contributed by atoms with E-state index in [1.165, 1.54) is 33.5 Å². The van der Waals surface area contributed by atoms with Crippen LogP contribution in [0.1, 0.15) is 16.3 Å². The summed E-state index contributed by atoms with van der Waals surface area (Å²) in [6.07, 6.45) is 0.721. The summed E-state index contributed by atoms with van der Waals surface area (Å²) in [5.41, 5.74) is 3.10. The number of carbonyl (C=O) groups excluding carboxylic acids is 1. The quantitative estimate of drug-likeness (QED) is 0.421. The molecule has 0 saturated carbocycles. The van der Waals surface area contributed by atoms with Gasteiger partial charge in [0, 0.05) is 22.2 Å². The van der Waals surface area contributed by atoms with Gasteiger partial charge >= 0.3 is 0 Å². The Kier molecular flexibility index (Phi) is 5.84. The second-order valence-corrected chi connectivity index (χ2v) is 8.89. The van der Waals surface area contributed by atoms with Gasteiger partial charge < -0.3 is 5.32 Å². The van der Waals surface area contributed by atoms with E-state index in [0.717, 1.165) is 23.5 Å². The maximum Gasteiger partial charge on any atom is 0.236 e. The number of carbonyl (C=O) groups is 1. The van der Waals surface area contributed by atoms with E-state index in [4.69, 9.17) is 0 Å². The predicted molar refractivity (Wildman–Crippen MR) is 115 cm³/mol. The molecule has 3 heterocycles. The average Bonchev–Trinajstić information content (AvgIpc) is 3.44. The third kappa shape index (κ3) is 4.86. The molecular formula is C19H17N5OS3. The molecule has 9 heteroatoms. The lowest BCUT2D eigenvalue weighted by Gasteiger charge is -2.00. The van der Waals surface area contributed by atoms with Crippen molar-refractivity contribution < 1.29 is 4.79 Å². The van der Waals surface area contributed by atoms with Crippen molar-refractivity contribution in [3.63, 3.8) is 0 Å². The van der Waals surface area contributed by atoms with E-state index in [-0.39, 0.29) is 11.7 Å². The van der Waals surface area contributed by atoms with E-state index in [1.807, 2.05) is 48.0 Å².